The summed E-state index contributed by atoms with van der Waals surface area (Å²) < 4.78 is 30.3. The number of aromatic nitrogens is 1. The van der Waals surface area contributed by atoms with Gasteiger partial charge in [-0.1, -0.05) is 12.1 Å². The van der Waals surface area contributed by atoms with Crippen LogP contribution in [0, 0.1) is 11.6 Å². The average molecular weight is 519 g/mol. The Hall–Kier alpha value is -3.65. The topological polar surface area (TPSA) is 40.5 Å². The van der Waals surface area contributed by atoms with Gasteiger partial charge in [0, 0.05) is 42.5 Å². The number of rotatable bonds is 3. The number of halogens is 2. The minimum atomic E-state index is -0.799. The average Bonchev–Trinajstić information content (AvgIpc) is 3.47. The Morgan fingerprint density at radius 1 is 1.03 bits per heavy atom. The van der Waals surface area contributed by atoms with Crippen molar-refractivity contribution in [2.45, 2.75) is 38.3 Å². The lowest BCUT2D eigenvalue weighted by Gasteiger charge is -2.31. The minimum Gasteiger partial charge on any atom is -0.378 e. The summed E-state index contributed by atoms with van der Waals surface area (Å²) in [6, 6.07) is 14.6. The van der Waals surface area contributed by atoms with Gasteiger partial charge in [0.15, 0.2) is 0 Å². The van der Waals surface area contributed by atoms with Crippen molar-refractivity contribution in [1.82, 2.24) is 9.47 Å². The molecule has 2 amide bonds. The van der Waals surface area contributed by atoms with E-state index in [2.05, 4.69) is 22.1 Å². The first-order chi connectivity index (χ1) is 17.9. The van der Waals surface area contributed by atoms with Gasteiger partial charge in [-0.05, 0) is 73.2 Å². The van der Waals surface area contributed by atoms with E-state index >= 15 is 0 Å². The number of hydrogen-bond acceptors (Lipinski definition) is 3. The van der Waals surface area contributed by atoms with Gasteiger partial charge in [-0.2, -0.15) is 0 Å². The van der Waals surface area contributed by atoms with Crippen molar-refractivity contribution >= 4 is 28.7 Å². The lowest BCUT2D eigenvalue weighted by molar-refractivity contribution is 0.194. The summed E-state index contributed by atoms with van der Waals surface area (Å²) in [7, 11) is 3.98. The number of hydrogen-bond donors (Lipinski definition) is 1. The Kier molecular flexibility index (Phi) is 5.99. The van der Waals surface area contributed by atoms with E-state index in [0.717, 1.165) is 53.3 Å². The van der Waals surface area contributed by atoms with Crippen molar-refractivity contribution in [3.05, 3.63) is 99.7 Å². The quantitative estimate of drug-likeness (QED) is 0.321. The van der Waals surface area contributed by atoms with Crippen LogP contribution in [0.1, 0.15) is 46.1 Å². The van der Waals surface area contributed by atoms with Crippen molar-refractivity contribution in [2.75, 3.05) is 24.3 Å². The van der Waals surface area contributed by atoms with Crippen molar-refractivity contribution in [3.8, 4) is 5.00 Å². The van der Waals surface area contributed by atoms with E-state index in [4.69, 9.17) is 0 Å². The van der Waals surface area contributed by atoms with Crippen molar-refractivity contribution < 1.29 is 13.6 Å². The van der Waals surface area contributed by atoms with Crippen LogP contribution in [0.4, 0.5) is 25.0 Å². The Labute approximate surface area is 218 Å². The van der Waals surface area contributed by atoms with Gasteiger partial charge in [-0.3, -0.25) is 0 Å². The van der Waals surface area contributed by atoms with Gasteiger partial charge in [0.05, 0.1) is 24.0 Å². The Morgan fingerprint density at radius 3 is 2.57 bits per heavy atom. The number of carbonyl (C=O) groups is 1. The maximum atomic E-state index is 14.5. The summed E-state index contributed by atoms with van der Waals surface area (Å²) in [5, 5.41) is 3.88. The zero-order chi connectivity index (χ0) is 25.7. The number of anilines is 2. The van der Waals surface area contributed by atoms with Crippen LogP contribution in [0.5, 0.6) is 0 Å². The van der Waals surface area contributed by atoms with Gasteiger partial charge in [0.1, 0.15) is 16.6 Å². The molecule has 2 aromatic heterocycles. The molecule has 37 heavy (non-hydrogen) atoms. The van der Waals surface area contributed by atoms with Crippen LogP contribution in [0.3, 0.4) is 0 Å². The number of nitrogens with one attached hydrogen (secondary N) is 1. The second-order valence-corrected chi connectivity index (χ2v) is 11.0. The summed E-state index contributed by atoms with van der Waals surface area (Å²) in [5.74, 6) is -1.48. The molecule has 3 heterocycles. The van der Waals surface area contributed by atoms with Crippen molar-refractivity contribution in [1.29, 1.82) is 0 Å². The number of thiophene rings is 1. The second-order valence-electron chi connectivity index (χ2n) is 9.87. The van der Waals surface area contributed by atoms with Crippen LogP contribution in [0.25, 0.3) is 5.00 Å². The fourth-order valence-electron chi connectivity index (χ4n) is 5.47. The Morgan fingerprint density at radius 2 is 1.81 bits per heavy atom. The van der Waals surface area contributed by atoms with Crippen LogP contribution < -0.4 is 10.2 Å². The lowest BCUT2D eigenvalue weighted by atomic mass is 9.95. The third-order valence-electron chi connectivity index (χ3n) is 7.34. The van der Waals surface area contributed by atoms with Crippen LogP contribution in [0.2, 0.25) is 0 Å². The smallest absolute Gasteiger partial charge is 0.323 e. The lowest BCUT2D eigenvalue weighted by Crippen LogP contribution is -2.38. The predicted molar refractivity (Wildman–Crippen MR) is 144 cm³/mol. The maximum Gasteiger partial charge on any atom is 0.323 e. The van der Waals surface area contributed by atoms with Gasteiger partial charge in [-0.15, -0.1) is 11.3 Å². The van der Waals surface area contributed by atoms with Gasteiger partial charge in [0.25, 0.3) is 0 Å². The Bertz CT molecular complexity index is 1470. The molecule has 0 fully saturated rings. The molecule has 2 aromatic carbocycles. The molecular formula is C29H28F2N4OS. The molecule has 8 heteroatoms. The first kappa shape index (κ1) is 23.7. The number of aryl methyl sites for hydroxylation is 1. The third-order valence-corrected chi connectivity index (χ3v) is 8.67. The number of nitrogens with zero attached hydrogens (tertiary/aromatic N) is 3. The predicted octanol–water partition coefficient (Wildman–Crippen LogP) is 6.90. The van der Waals surface area contributed by atoms with Crippen LogP contribution in [-0.2, 0) is 19.4 Å². The minimum absolute atomic E-state index is 0.0414. The molecule has 2 aliphatic rings. The summed E-state index contributed by atoms with van der Waals surface area (Å²) in [6.07, 6.45) is 6.45. The van der Waals surface area contributed by atoms with Crippen molar-refractivity contribution in [2.24, 2.45) is 0 Å². The fraction of sp³-hybridized carbons (Fsp3) is 0.276. The van der Waals surface area contributed by atoms with E-state index in [1.165, 1.54) is 28.5 Å². The zero-order valence-corrected chi connectivity index (χ0v) is 21.6. The zero-order valence-electron chi connectivity index (χ0n) is 20.8. The highest BCUT2D eigenvalue weighted by atomic mass is 32.1. The molecular weight excluding hydrogens is 490 g/mol. The van der Waals surface area contributed by atoms with Gasteiger partial charge in [0.2, 0.25) is 0 Å². The van der Waals surface area contributed by atoms with E-state index in [0.29, 0.717) is 6.54 Å². The monoisotopic (exact) mass is 518 g/mol. The first-order valence-corrected chi connectivity index (χ1v) is 13.3. The van der Waals surface area contributed by atoms with Gasteiger partial charge in [-0.25, -0.2) is 13.6 Å². The molecule has 6 rings (SSSR count). The second kappa shape index (κ2) is 9.34. The highest BCUT2D eigenvalue weighted by molar-refractivity contribution is 7.15. The molecule has 190 valence electrons. The Balaban J connectivity index is 1.48. The highest BCUT2D eigenvalue weighted by Crippen LogP contribution is 2.44. The standard InChI is InChI=1S/C29H28F2N4OS/c1-33(2)20-12-9-18(10-13-20)27-25-7-5-15-34(25)28-22(21-6-3-4-8-26(21)37-28)17-35(27)29(36)32-24-14-11-19(30)16-23(24)31/h5,7,9-16,27H,3-4,6,8,17H2,1-2H3,(H,32,36). The van der Waals surface area contributed by atoms with E-state index in [-0.39, 0.29) is 5.69 Å². The van der Waals surface area contributed by atoms with Crippen LogP contribution >= 0.6 is 11.3 Å². The van der Waals surface area contributed by atoms with E-state index in [1.54, 1.807) is 4.90 Å². The molecule has 1 N–H and O–H groups in total. The molecule has 1 aliphatic carbocycles. The molecule has 0 radical (unpaired) electrons. The molecule has 0 saturated heterocycles. The summed E-state index contributed by atoms with van der Waals surface area (Å²) in [4.78, 5) is 19.1. The third kappa shape index (κ3) is 4.19. The van der Waals surface area contributed by atoms with E-state index in [1.807, 2.05) is 60.7 Å². The number of urea groups is 1. The molecule has 1 atom stereocenters. The molecule has 0 saturated carbocycles. The van der Waals surface area contributed by atoms with Crippen LogP contribution in [-0.4, -0.2) is 29.6 Å². The molecule has 0 bridgehead atoms. The van der Waals surface area contributed by atoms with E-state index in [9.17, 15) is 13.6 Å². The van der Waals surface area contributed by atoms with Gasteiger partial charge < -0.3 is 19.7 Å². The number of fused-ring (bicyclic) bond motifs is 5. The molecule has 1 aliphatic heterocycles. The summed E-state index contributed by atoms with van der Waals surface area (Å²) in [5.41, 5.74) is 5.47. The highest BCUT2D eigenvalue weighted by Gasteiger charge is 2.36. The molecule has 4 aromatic rings. The first-order valence-electron chi connectivity index (χ1n) is 12.5. The molecule has 1 unspecified atom stereocenters. The van der Waals surface area contributed by atoms with Crippen LogP contribution in [0.15, 0.2) is 60.8 Å². The molecule has 0 spiro atoms. The maximum absolute atomic E-state index is 14.5. The number of benzene rings is 2. The summed E-state index contributed by atoms with van der Waals surface area (Å²) >= 11 is 1.82. The SMILES string of the molecule is CN(C)c1ccc(C2c3cccn3-c3sc4c(c3CN2C(=O)Nc2ccc(F)cc2F)CCCC4)cc1. The summed E-state index contributed by atoms with van der Waals surface area (Å²) in [6.45, 7) is 0.400. The fourth-order valence-corrected chi connectivity index (χ4v) is 6.87. The number of carbonyl (C=O) groups excluding carboxylic acids is 1. The normalized spacial score (nSPS) is 16.4. The largest absolute Gasteiger partial charge is 0.378 e. The van der Waals surface area contributed by atoms with Gasteiger partial charge >= 0.3 is 6.03 Å². The van der Waals surface area contributed by atoms with E-state index < -0.39 is 23.7 Å². The molecule has 5 nitrogen and oxygen atoms in total. The van der Waals surface area contributed by atoms with Crippen molar-refractivity contribution in [3.63, 3.8) is 0 Å². The number of amides is 2.